The maximum atomic E-state index is 13.1. The fraction of sp³-hybridized carbons (Fsp3) is 0.500. The first kappa shape index (κ1) is 15.7. The smallest absolute Gasteiger partial charge is 0.400 e. The summed E-state index contributed by atoms with van der Waals surface area (Å²) in [5.74, 6) is -1.26. The second-order valence-corrected chi connectivity index (χ2v) is 5.59. The topological polar surface area (TPSA) is 76.5 Å². The molecule has 1 aromatic rings. The fourth-order valence-electron chi connectivity index (χ4n) is 1.49. The highest BCUT2D eigenvalue weighted by atomic mass is 32.2. The number of alkyl halides is 3. The lowest BCUT2D eigenvalue weighted by Crippen LogP contribution is -2.45. The van der Waals surface area contributed by atoms with E-state index in [4.69, 9.17) is 9.29 Å². The zero-order valence-electron chi connectivity index (χ0n) is 10.1. The minimum Gasteiger partial charge on any atom is -0.495 e. The molecule has 0 saturated carbocycles. The van der Waals surface area contributed by atoms with Crippen molar-refractivity contribution >= 4 is 10.1 Å². The third-order valence-corrected chi connectivity index (χ3v) is 3.58. The summed E-state index contributed by atoms with van der Waals surface area (Å²) in [6.07, 6.45) is -3.84. The van der Waals surface area contributed by atoms with Crippen LogP contribution >= 0.6 is 0 Å². The minimum absolute atomic E-state index is 0.236. The van der Waals surface area contributed by atoms with Gasteiger partial charge in [0.1, 0.15) is 11.2 Å². The van der Waals surface area contributed by atoms with E-state index in [1.54, 1.807) is 0 Å². The van der Waals surface area contributed by atoms with Crippen LogP contribution in [-0.4, -0.2) is 37.0 Å². The number of hydrogen-bond acceptors (Lipinski definition) is 4. The number of rotatable bonds is 4. The van der Waals surface area contributed by atoms with E-state index in [-0.39, 0.29) is 5.75 Å². The van der Waals surface area contributed by atoms with Crippen molar-refractivity contribution in [1.82, 2.24) is 4.98 Å². The molecule has 0 bridgehead atoms. The van der Waals surface area contributed by atoms with Crippen LogP contribution in [0, 0.1) is 0 Å². The molecule has 0 saturated heterocycles. The lowest BCUT2D eigenvalue weighted by atomic mass is 9.87. The van der Waals surface area contributed by atoms with E-state index in [1.165, 1.54) is 13.2 Å². The quantitative estimate of drug-likeness (QED) is 0.858. The summed E-state index contributed by atoms with van der Waals surface area (Å²) in [4.78, 5) is 3.55. The lowest BCUT2D eigenvalue weighted by molar-refractivity contribution is -0.180. The fourth-order valence-corrected chi connectivity index (χ4v) is 2.53. The van der Waals surface area contributed by atoms with Crippen molar-refractivity contribution in [3.05, 3.63) is 24.0 Å². The van der Waals surface area contributed by atoms with Crippen LogP contribution in [0.2, 0.25) is 0 Å². The Hall–Kier alpha value is -1.35. The molecule has 1 heterocycles. The van der Waals surface area contributed by atoms with Gasteiger partial charge in [0.25, 0.3) is 10.1 Å². The molecule has 0 aliphatic rings. The van der Waals surface area contributed by atoms with Crippen LogP contribution in [0.3, 0.4) is 0 Å². The Morgan fingerprint density at radius 3 is 2.26 bits per heavy atom. The van der Waals surface area contributed by atoms with Crippen LogP contribution in [0.1, 0.15) is 12.6 Å². The molecule has 0 aliphatic carbocycles. The first-order valence-electron chi connectivity index (χ1n) is 5.02. The normalized spacial score (nSPS) is 15.9. The summed E-state index contributed by atoms with van der Waals surface area (Å²) in [6.45, 7) is 0.662. The predicted octanol–water partition coefficient (Wildman–Crippen LogP) is 1.80. The van der Waals surface area contributed by atoms with Gasteiger partial charge in [-0.3, -0.25) is 9.54 Å². The van der Waals surface area contributed by atoms with Crippen LogP contribution in [0.25, 0.3) is 0 Å². The maximum absolute atomic E-state index is 13.1. The Kier molecular flexibility index (Phi) is 4.11. The van der Waals surface area contributed by atoms with Gasteiger partial charge >= 0.3 is 6.18 Å². The van der Waals surface area contributed by atoms with Gasteiger partial charge in [0.2, 0.25) is 0 Å². The Labute approximate surface area is 108 Å². The zero-order chi connectivity index (χ0) is 14.9. The molecular formula is C10H12F3NO4S. The highest BCUT2D eigenvalue weighted by molar-refractivity contribution is 7.85. The van der Waals surface area contributed by atoms with E-state index < -0.39 is 33.2 Å². The molecule has 1 rings (SSSR count). The molecule has 1 atom stereocenters. The SMILES string of the molecule is COc1ccc(C(C)(CS(=O)(=O)O)C(F)(F)F)nc1. The van der Waals surface area contributed by atoms with Crippen LogP contribution in [0.5, 0.6) is 5.75 Å². The first-order valence-corrected chi connectivity index (χ1v) is 6.63. The average Bonchev–Trinajstić information content (AvgIpc) is 2.25. The van der Waals surface area contributed by atoms with Crippen molar-refractivity contribution in [1.29, 1.82) is 0 Å². The first-order chi connectivity index (χ1) is 8.49. The number of halogens is 3. The molecule has 0 amide bonds. The Bertz CT molecular complexity index is 541. The molecule has 0 radical (unpaired) electrons. The number of nitrogens with zero attached hydrogens (tertiary/aromatic N) is 1. The molecule has 5 nitrogen and oxygen atoms in total. The van der Waals surface area contributed by atoms with E-state index in [0.717, 1.165) is 12.3 Å². The summed E-state index contributed by atoms with van der Waals surface area (Å²) < 4.78 is 74.2. The zero-order valence-corrected chi connectivity index (χ0v) is 10.9. The third-order valence-electron chi connectivity index (χ3n) is 2.63. The number of methoxy groups -OCH3 is 1. The molecule has 1 unspecified atom stereocenters. The maximum Gasteiger partial charge on any atom is 0.400 e. The van der Waals surface area contributed by atoms with E-state index in [1.807, 2.05) is 0 Å². The molecule has 108 valence electrons. The second kappa shape index (κ2) is 4.97. The lowest BCUT2D eigenvalue weighted by Gasteiger charge is -2.30. The molecular weight excluding hydrogens is 287 g/mol. The van der Waals surface area contributed by atoms with E-state index in [9.17, 15) is 21.6 Å². The van der Waals surface area contributed by atoms with Crippen molar-refractivity contribution in [3.63, 3.8) is 0 Å². The molecule has 0 fully saturated rings. The third kappa shape index (κ3) is 3.57. The van der Waals surface area contributed by atoms with Crippen molar-refractivity contribution in [2.75, 3.05) is 12.9 Å². The van der Waals surface area contributed by atoms with E-state index >= 15 is 0 Å². The van der Waals surface area contributed by atoms with Gasteiger partial charge in [0, 0.05) is 0 Å². The Morgan fingerprint density at radius 1 is 1.37 bits per heavy atom. The molecule has 9 heteroatoms. The molecule has 1 N–H and O–H groups in total. The van der Waals surface area contributed by atoms with Gasteiger partial charge < -0.3 is 4.74 Å². The van der Waals surface area contributed by atoms with Crippen molar-refractivity contribution in [2.24, 2.45) is 0 Å². The van der Waals surface area contributed by atoms with Gasteiger partial charge in [-0.05, 0) is 19.1 Å². The van der Waals surface area contributed by atoms with Gasteiger partial charge in [0.15, 0.2) is 0 Å². The van der Waals surface area contributed by atoms with Gasteiger partial charge in [-0.15, -0.1) is 0 Å². The predicted molar refractivity (Wildman–Crippen MR) is 60.6 cm³/mol. The van der Waals surface area contributed by atoms with Crippen LogP contribution in [0.15, 0.2) is 18.3 Å². The van der Waals surface area contributed by atoms with Crippen LogP contribution in [0.4, 0.5) is 13.2 Å². The van der Waals surface area contributed by atoms with Crippen molar-refractivity contribution < 1.29 is 30.9 Å². The molecule has 0 aliphatic heterocycles. The van der Waals surface area contributed by atoms with Crippen molar-refractivity contribution in [2.45, 2.75) is 18.5 Å². The van der Waals surface area contributed by atoms with Crippen molar-refractivity contribution in [3.8, 4) is 5.75 Å². The second-order valence-electron chi connectivity index (χ2n) is 4.14. The van der Waals surface area contributed by atoms with Crippen LogP contribution in [-0.2, 0) is 15.5 Å². The number of hydrogen-bond donors (Lipinski definition) is 1. The molecule has 19 heavy (non-hydrogen) atoms. The Morgan fingerprint density at radius 2 is 1.95 bits per heavy atom. The minimum atomic E-state index is -4.88. The Balaban J connectivity index is 3.31. The van der Waals surface area contributed by atoms with E-state index in [0.29, 0.717) is 6.92 Å². The van der Waals surface area contributed by atoms with Crippen LogP contribution < -0.4 is 4.74 Å². The molecule has 0 spiro atoms. The van der Waals surface area contributed by atoms with Gasteiger partial charge in [-0.25, -0.2) is 0 Å². The number of ether oxygens (including phenoxy) is 1. The van der Waals surface area contributed by atoms with Gasteiger partial charge in [-0.1, -0.05) is 0 Å². The monoisotopic (exact) mass is 299 g/mol. The standard InChI is InChI=1S/C10H12F3NO4S/c1-9(10(11,12)13,6-19(15,16)17)8-4-3-7(18-2)5-14-8/h3-5H,6H2,1-2H3,(H,15,16,17). The van der Waals surface area contributed by atoms with Gasteiger partial charge in [0.05, 0.1) is 24.8 Å². The largest absolute Gasteiger partial charge is 0.495 e. The summed E-state index contributed by atoms with van der Waals surface area (Å²) in [5, 5.41) is 0. The number of aromatic nitrogens is 1. The average molecular weight is 299 g/mol. The van der Waals surface area contributed by atoms with E-state index in [2.05, 4.69) is 4.98 Å². The summed E-state index contributed by atoms with van der Waals surface area (Å²) in [6, 6.07) is 2.24. The van der Waals surface area contributed by atoms with Gasteiger partial charge in [-0.2, -0.15) is 21.6 Å². The highest BCUT2D eigenvalue weighted by Gasteiger charge is 2.55. The highest BCUT2D eigenvalue weighted by Crippen LogP contribution is 2.41. The molecule has 1 aromatic heterocycles. The molecule has 0 aromatic carbocycles. The summed E-state index contributed by atoms with van der Waals surface area (Å²) >= 11 is 0. The summed E-state index contributed by atoms with van der Waals surface area (Å²) in [7, 11) is -3.50. The number of pyridine rings is 1. The summed E-state index contributed by atoms with van der Waals surface area (Å²) in [5.41, 5.74) is -3.31.